The zero-order chi connectivity index (χ0) is 13.0. The second-order valence-corrected chi connectivity index (χ2v) is 4.63. The van der Waals surface area contributed by atoms with Crippen molar-refractivity contribution in [2.45, 2.75) is 13.8 Å². The minimum Gasteiger partial charge on any atom is -0.483 e. The molecule has 2 aromatic rings. The fraction of sp³-hybridized carbons (Fsp3) is 0.250. The van der Waals surface area contributed by atoms with Gasteiger partial charge in [0.2, 0.25) is 5.13 Å². The summed E-state index contributed by atoms with van der Waals surface area (Å²) in [6.07, 6.45) is 1.39. The molecule has 0 atom stereocenters. The molecular formula is C12H13N3O2S. The minimum atomic E-state index is -0.244. The van der Waals surface area contributed by atoms with Gasteiger partial charge >= 0.3 is 0 Å². The smallest absolute Gasteiger partial charge is 0.264 e. The molecule has 0 aliphatic heterocycles. The highest BCUT2D eigenvalue weighted by atomic mass is 32.1. The van der Waals surface area contributed by atoms with Crippen molar-refractivity contribution in [2.75, 3.05) is 11.9 Å². The Morgan fingerprint density at radius 1 is 1.44 bits per heavy atom. The van der Waals surface area contributed by atoms with Crippen molar-refractivity contribution in [1.82, 2.24) is 9.36 Å². The quantitative estimate of drug-likeness (QED) is 0.918. The Morgan fingerprint density at radius 2 is 2.28 bits per heavy atom. The Labute approximate surface area is 109 Å². The zero-order valence-corrected chi connectivity index (χ0v) is 11.0. The van der Waals surface area contributed by atoms with Crippen LogP contribution in [0.15, 0.2) is 24.5 Å². The average Bonchev–Trinajstić information content (AvgIpc) is 2.80. The van der Waals surface area contributed by atoms with Gasteiger partial charge < -0.3 is 4.74 Å². The summed E-state index contributed by atoms with van der Waals surface area (Å²) in [5.41, 5.74) is 2.18. The Kier molecular flexibility index (Phi) is 3.88. The lowest BCUT2D eigenvalue weighted by molar-refractivity contribution is -0.118. The molecule has 0 spiro atoms. The van der Waals surface area contributed by atoms with E-state index in [2.05, 4.69) is 14.7 Å². The lowest BCUT2D eigenvalue weighted by Gasteiger charge is -2.08. The Morgan fingerprint density at radius 3 is 2.94 bits per heavy atom. The molecule has 94 valence electrons. The van der Waals surface area contributed by atoms with Crippen molar-refractivity contribution < 1.29 is 9.53 Å². The van der Waals surface area contributed by atoms with E-state index in [9.17, 15) is 4.79 Å². The molecule has 6 heteroatoms. The van der Waals surface area contributed by atoms with Crippen LogP contribution in [0.1, 0.15) is 11.1 Å². The molecule has 1 heterocycles. The van der Waals surface area contributed by atoms with E-state index in [1.165, 1.54) is 6.33 Å². The van der Waals surface area contributed by atoms with E-state index in [-0.39, 0.29) is 12.5 Å². The van der Waals surface area contributed by atoms with Crippen LogP contribution in [0, 0.1) is 13.8 Å². The first-order valence-corrected chi connectivity index (χ1v) is 6.19. The molecule has 0 aliphatic carbocycles. The van der Waals surface area contributed by atoms with Crippen molar-refractivity contribution in [3.63, 3.8) is 0 Å². The number of amides is 1. The van der Waals surface area contributed by atoms with Crippen molar-refractivity contribution in [2.24, 2.45) is 0 Å². The van der Waals surface area contributed by atoms with Crippen LogP contribution in [-0.2, 0) is 4.79 Å². The molecule has 18 heavy (non-hydrogen) atoms. The normalized spacial score (nSPS) is 10.1. The molecule has 1 aromatic heterocycles. The van der Waals surface area contributed by atoms with Gasteiger partial charge in [-0.1, -0.05) is 17.7 Å². The van der Waals surface area contributed by atoms with E-state index in [4.69, 9.17) is 4.74 Å². The summed E-state index contributed by atoms with van der Waals surface area (Å²) in [6.45, 7) is 3.92. The number of carbonyl (C=O) groups is 1. The van der Waals surface area contributed by atoms with E-state index >= 15 is 0 Å². The van der Waals surface area contributed by atoms with Crippen molar-refractivity contribution >= 4 is 22.6 Å². The van der Waals surface area contributed by atoms with Gasteiger partial charge in [-0.2, -0.15) is 4.37 Å². The summed E-state index contributed by atoms with van der Waals surface area (Å²) in [4.78, 5) is 15.4. The number of hydrogen-bond donors (Lipinski definition) is 1. The minimum absolute atomic E-state index is 0.0382. The number of nitrogens with one attached hydrogen (secondary N) is 1. The number of aromatic nitrogens is 2. The second kappa shape index (κ2) is 5.59. The number of anilines is 1. The Balaban J connectivity index is 1.89. The van der Waals surface area contributed by atoms with E-state index in [0.29, 0.717) is 10.9 Å². The number of hydrogen-bond acceptors (Lipinski definition) is 5. The number of rotatable bonds is 4. The van der Waals surface area contributed by atoms with E-state index in [0.717, 1.165) is 22.7 Å². The highest BCUT2D eigenvalue weighted by molar-refractivity contribution is 7.09. The molecule has 0 radical (unpaired) electrons. The average molecular weight is 263 g/mol. The van der Waals surface area contributed by atoms with Gasteiger partial charge in [0.25, 0.3) is 5.91 Å². The molecule has 0 bridgehead atoms. The number of nitrogens with zero attached hydrogens (tertiary/aromatic N) is 2. The first kappa shape index (κ1) is 12.5. The van der Waals surface area contributed by atoms with Gasteiger partial charge in [0, 0.05) is 11.5 Å². The van der Waals surface area contributed by atoms with Gasteiger partial charge in [-0.3, -0.25) is 10.1 Å². The largest absolute Gasteiger partial charge is 0.483 e. The van der Waals surface area contributed by atoms with Gasteiger partial charge in [-0.15, -0.1) is 0 Å². The van der Waals surface area contributed by atoms with Crippen molar-refractivity contribution in [3.05, 3.63) is 35.7 Å². The van der Waals surface area contributed by atoms with Crippen LogP contribution in [-0.4, -0.2) is 21.9 Å². The summed E-state index contributed by atoms with van der Waals surface area (Å²) in [7, 11) is 0. The second-order valence-electron chi connectivity index (χ2n) is 3.85. The lowest BCUT2D eigenvalue weighted by atomic mass is 10.1. The van der Waals surface area contributed by atoms with E-state index in [1.807, 2.05) is 32.0 Å². The summed E-state index contributed by atoms with van der Waals surface area (Å²) in [6, 6.07) is 5.83. The first-order valence-electron chi connectivity index (χ1n) is 5.42. The van der Waals surface area contributed by atoms with Crippen molar-refractivity contribution in [1.29, 1.82) is 0 Å². The van der Waals surface area contributed by atoms with Gasteiger partial charge in [-0.25, -0.2) is 4.98 Å². The Hall–Kier alpha value is -1.95. The van der Waals surface area contributed by atoms with Gasteiger partial charge in [0.15, 0.2) is 6.61 Å². The molecule has 5 nitrogen and oxygen atoms in total. The fourth-order valence-electron chi connectivity index (χ4n) is 1.49. The standard InChI is InChI=1S/C12H13N3O2S/c1-8-3-4-10(9(2)5-8)17-6-11(16)15-12-13-7-14-18-12/h3-5,7H,6H2,1-2H3,(H,13,14,15,16). The summed E-state index contributed by atoms with van der Waals surface area (Å²) >= 11 is 1.13. The molecule has 1 aromatic carbocycles. The molecule has 0 fully saturated rings. The highest BCUT2D eigenvalue weighted by Gasteiger charge is 2.07. The highest BCUT2D eigenvalue weighted by Crippen LogP contribution is 2.18. The van der Waals surface area contributed by atoms with Gasteiger partial charge in [0.05, 0.1) is 0 Å². The van der Waals surface area contributed by atoms with Crippen LogP contribution in [0.5, 0.6) is 5.75 Å². The third-order valence-corrected chi connectivity index (χ3v) is 2.88. The summed E-state index contributed by atoms with van der Waals surface area (Å²) in [5.74, 6) is 0.472. The number of ether oxygens (including phenoxy) is 1. The van der Waals surface area contributed by atoms with Crippen LogP contribution in [0.4, 0.5) is 5.13 Å². The molecule has 0 aliphatic rings. The van der Waals surface area contributed by atoms with Crippen LogP contribution in [0.2, 0.25) is 0 Å². The monoisotopic (exact) mass is 263 g/mol. The van der Waals surface area contributed by atoms with Gasteiger partial charge in [0.1, 0.15) is 12.1 Å². The lowest BCUT2D eigenvalue weighted by Crippen LogP contribution is -2.20. The predicted octanol–water partition coefficient (Wildman–Crippen LogP) is 2.17. The maximum atomic E-state index is 11.6. The molecule has 2 rings (SSSR count). The summed E-state index contributed by atoms with van der Waals surface area (Å²) < 4.78 is 9.24. The molecule has 1 N–H and O–H groups in total. The van der Waals surface area contributed by atoms with Crippen LogP contribution >= 0.6 is 11.5 Å². The molecule has 0 saturated heterocycles. The molecule has 0 unspecified atom stereocenters. The fourth-order valence-corrected chi connectivity index (χ4v) is 1.94. The maximum Gasteiger partial charge on any atom is 0.264 e. The predicted molar refractivity (Wildman–Crippen MR) is 69.9 cm³/mol. The molecular weight excluding hydrogens is 250 g/mol. The third-order valence-electron chi connectivity index (χ3n) is 2.30. The van der Waals surface area contributed by atoms with E-state index in [1.54, 1.807) is 0 Å². The maximum absolute atomic E-state index is 11.6. The number of aryl methyl sites for hydroxylation is 2. The van der Waals surface area contributed by atoms with E-state index < -0.39 is 0 Å². The number of carbonyl (C=O) groups excluding carboxylic acids is 1. The SMILES string of the molecule is Cc1ccc(OCC(=O)Nc2ncns2)c(C)c1. The Bertz CT molecular complexity index is 540. The summed E-state index contributed by atoms with van der Waals surface area (Å²) in [5, 5.41) is 3.08. The molecule has 0 saturated carbocycles. The zero-order valence-electron chi connectivity index (χ0n) is 10.1. The molecule has 1 amide bonds. The van der Waals surface area contributed by atoms with Crippen LogP contribution < -0.4 is 10.1 Å². The van der Waals surface area contributed by atoms with Crippen LogP contribution in [0.3, 0.4) is 0 Å². The number of benzene rings is 1. The third kappa shape index (κ3) is 3.27. The topological polar surface area (TPSA) is 64.1 Å². The van der Waals surface area contributed by atoms with Crippen LogP contribution in [0.25, 0.3) is 0 Å². The van der Waals surface area contributed by atoms with Crippen molar-refractivity contribution in [3.8, 4) is 5.75 Å². The first-order chi connectivity index (χ1) is 8.65. The van der Waals surface area contributed by atoms with Gasteiger partial charge in [-0.05, 0) is 25.5 Å².